The van der Waals surface area contributed by atoms with Crippen LogP contribution in [0.2, 0.25) is 0 Å². The van der Waals surface area contributed by atoms with Crippen LogP contribution in [0, 0.1) is 0 Å². The number of hydrogen-bond donors (Lipinski definition) is 1. The largest absolute Gasteiger partial charge is 0.341 e. The van der Waals surface area contributed by atoms with Gasteiger partial charge in [-0.15, -0.1) is 0 Å². The Kier molecular flexibility index (Phi) is 5.48. The van der Waals surface area contributed by atoms with Gasteiger partial charge in [0.2, 0.25) is 5.91 Å². The summed E-state index contributed by atoms with van der Waals surface area (Å²) in [4.78, 5) is 23.0. The van der Waals surface area contributed by atoms with Gasteiger partial charge in [0.15, 0.2) is 5.16 Å². The quantitative estimate of drug-likeness (QED) is 0.543. The zero-order chi connectivity index (χ0) is 18.5. The molecule has 0 saturated carbocycles. The smallest absolute Gasteiger partial charge is 0.233 e. The van der Waals surface area contributed by atoms with Crippen LogP contribution in [-0.4, -0.2) is 49.8 Å². The number of carbonyl (C=O) groups is 1. The lowest BCUT2D eigenvalue weighted by Crippen LogP contribution is -2.40. The first-order valence-corrected chi connectivity index (χ1v) is 10.1. The first-order valence-electron chi connectivity index (χ1n) is 9.07. The lowest BCUT2D eigenvalue weighted by Gasteiger charge is -2.32. The maximum atomic E-state index is 12.7. The molecule has 0 unspecified atom stereocenters. The second kappa shape index (κ2) is 8.35. The van der Waals surface area contributed by atoms with E-state index in [1.165, 1.54) is 11.8 Å². The number of nitrogens with one attached hydrogen (secondary N) is 1. The second-order valence-electron chi connectivity index (χ2n) is 6.56. The van der Waals surface area contributed by atoms with Gasteiger partial charge in [0.1, 0.15) is 0 Å². The van der Waals surface area contributed by atoms with E-state index >= 15 is 0 Å². The average molecular weight is 379 g/mol. The number of nitrogens with zero attached hydrogens (tertiary/aromatic N) is 4. The van der Waals surface area contributed by atoms with Gasteiger partial charge in [0, 0.05) is 42.7 Å². The molecule has 1 fully saturated rings. The maximum Gasteiger partial charge on any atom is 0.233 e. The van der Waals surface area contributed by atoms with Crippen molar-refractivity contribution in [2.45, 2.75) is 23.9 Å². The van der Waals surface area contributed by atoms with E-state index in [1.54, 1.807) is 18.5 Å². The van der Waals surface area contributed by atoms with Gasteiger partial charge < -0.3 is 4.90 Å². The van der Waals surface area contributed by atoms with E-state index < -0.39 is 0 Å². The summed E-state index contributed by atoms with van der Waals surface area (Å²) in [6, 6.07) is 12.0. The minimum atomic E-state index is 0.137. The standard InChI is InChI=1S/C20H21N5OS/c26-18(14-27-20-21-9-5-10-22-20)25-11-4-8-16(13-25)19-17(12-23-24-19)15-6-2-1-3-7-15/h1-3,5-7,9-10,12,16H,4,8,11,13-14H2,(H,23,24)/t16-/m0/s1. The van der Waals surface area contributed by atoms with E-state index in [0.29, 0.717) is 10.9 Å². The highest BCUT2D eigenvalue weighted by atomic mass is 32.2. The minimum Gasteiger partial charge on any atom is -0.341 e. The third kappa shape index (κ3) is 4.19. The number of benzene rings is 1. The number of amides is 1. The Labute approximate surface area is 162 Å². The zero-order valence-electron chi connectivity index (χ0n) is 14.9. The molecular formula is C20H21N5OS. The summed E-state index contributed by atoms with van der Waals surface area (Å²) >= 11 is 1.39. The molecular weight excluding hydrogens is 358 g/mol. The average Bonchev–Trinajstić information content (AvgIpc) is 3.23. The van der Waals surface area contributed by atoms with E-state index in [-0.39, 0.29) is 11.8 Å². The van der Waals surface area contributed by atoms with Gasteiger partial charge in [-0.05, 0) is 24.5 Å². The molecule has 1 aliphatic heterocycles. The number of piperidine rings is 1. The monoisotopic (exact) mass is 379 g/mol. The van der Waals surface area contributed by atoms with Crippen molar-refractivity contribution in [3.8, 4) is 11.1 Å². The molecule has 1 aromatic carbocycles. The predicted molar refractivity (Wildman–Crippen MR) is 105 cm³/mol. The summed E-state index contributed by atoms with van der Waals surface area (Å²) in [5.74, 6) is 0.780. The molecule has 0 spiro atoms. The van der Waals surface area contributed by atoms with Crippen LogP contribution in [0.5, 0.6) is 0 Å². The lowest BCUT2D eigenvalue weighted by atomic mass is 9.90. The van der Waals surface area contributed by atoms with Gasteiger partial charge in [-0.1, -0.05) is 42.1 Å². The van der Waals surface area contributed by atoms with Crippen LogP contribution in [-0.2, 0) is 4.79 Å². The summed E-state index contributed by atoms with van der Waals surface area (Å²) < 4.78 is 0. The van der Waals surface area contributed by atoms with Gasteiger partial charge in [-0.3, -0.25) is 9.89 Å². The molecule has 1 N–H and O–H groups in total. The SMILES string of the molecule is O=C(CSc1ncccn1)N1CCC[C@H](c2[nH]ncc2-c2ccccc2)C1. The number of carbonyl (C=O) groups excluding carboxylic acids is 1. The third-order valence-electron chi connectivity index (χ3n) is 4.80. The Morgan fingerprint density at radius 1 is 1.19 bits per heavy atom. The Balaban J connectivity index is 1.43. The van der Waals surface area contributed by atoms with Crippen molar-refractivity contribution in [2.24, 2.45) is 0 Å². The van der Waals surface area contributed by atoms with Crippen molar-refractivity contribution >= 4 is 17.7 Å². The third-order valence-corrected chi connectivity index (χ3v) is 5.66. The molecule has 4 rings (SSSR count). The number of aromatic amines is 1. The van der Waals surface area contributed by atoms with Crippen LogP contribution >= 0.6 is 11.8 Å². The first-order chi connectivity index (χ1) is 13.3. The number of H-pyrrole nitrogens is 1. The highest BCUT2D eigenvalue weighted by Crippen LogP contribution is 2.33. The van der Waals surface area contributed by atoms with E-state index in [9.17, 15) is 4.79 Å². The van der Waals surface area contributed by atoms with Crippen LogP contribution in [0.1, 0.15) is 24.5 Å². The van der Waals surface area contributed by atoms with E-state index in [0.717, 1.165) is 42.8 Å². The molecule has 3 heterocycles. The molecule has 6 nitrogen and oxygen atoms in total. The van der Waals surface area contributed by atoms with Crippen LogP contribution in [0.3, 0.4) is 0 Å². The predicted octanol–water partition coefficient (Wildman–Crippen LogP) is 3.37. The van der Waals surface area contributed by atoms with Crippen LogP contribution in [0.4, 0.5) is 0 Å². The Hall–Kier alpha value is -2.67. The molecule has 3 aromatic rings. The first kappa shape index (κ1) is 17.7. The highest BCUT2D eigenvalue weighted by molar-refractivity contribution is 7.99. The summed E-state index contributed by atoms with van der Waals surface area (Å²) in [6.45, 7) is 1.53. The number of aromatic nitrogens is 4. The molecule has 1 aliphatic rings. The molecule has 1 amide bonds. The highest BCUT2D eigenvalue weighted by Gasteiger charge is 2.27. The van der Waals surface area contributed by atoms with E-state index in [2.05, 4.69) is 32.3 Å². The van der Waals surface area contributed by atoms with Crippen molar-refractivity contribution in [3.63, 3.8) is 0 Å². The van der Waals surface area contributed by atoms with Gasteiger partial charge in [-0.25, -0.2) is 9.97 Å². The fourth-order valence-corrected chi connectivity index (χ4v) is 4.18. The van der Waals surface area contributed by atoms with Crippen LogP contribution in [0.15, 0.2) is 60.1 Å². The van der Waals surface area contributed by atoms with E-state index in [1.807, 2.05) is 29.3 Å². The fraction of sp³-hybridized carbons (Fsp3) is 0.300. The molecule has 0 aliphatic carbocycles. The molecule has 7 heteroatoms. The summed E-state index contributed by atoms with van der Waals surface area (Å²) in [6.07, 6.45) is 7.32. The molecule has 27 heavy (non-hydrogen) atoms. The molecule has 138 valence electrons. The van der Waals surface area contributed by atoms with Crippen molar-refractivity contribution in [1.29, 1.82) is 0 Å². The summed E-state index contributed by atoms with van der Waals surface area (Å²) in [5.41, 5.74) is 3.40. The van der Waals surface area contributed by atoms with Gasteiger partial charge in [0.25, 0.3) is 0 Å². The molecule has 1 atom stereocenters. The molecule has 1 saturated heterocycles. The number of likely N-dealkylation sites (tertiary alicyclic amines) is 1. The van der Waals surface area contributed by atoms with Crippen LogP contribution < -0.4 is 0 Å². The topological polar surface area (TPSA) is 74.8 Å². The Morgan fingerprint density at radius 2 is 2.00 bits per heavy atom. The number of rotatable bonds is 5. The fourth-order valence-electron chi connectivity index (χ4n) is 3.47. The summed E-state index contributed by atoms with van der Waals surface area (Å²) in [5, 5.41) is 8.09. The van der Waals surface area contributed by atoms with E-state index in [4.69, 9.17) is 0 Å². The molecule has 0 radical (unpaired) electrons. The zero-order valence-corrected chi connectivity index (χ0v) is 15.7. The number of thioether (sulfide) groups is 1. The molecule has 2 aromatic heterocycles. The normalized spacial score (nSPS) is 17.0. The van der Waals surface area contributed by atoms with Crippen LogP contribution in [0.25, 0.3) is 11.1 Å². The van der Waals surface area contributed by atoms with Crippen molar-refractivity contribution < 1.29 is 4.79 Å². The summed E-state index contributed by atoms with van der Waals surface area (Å²) in [7, 11) is 0. The van der Waals surface area contributed by atoms with Crippen molar-refractivity contribution in [3.05, 3.63) is 60.7 Å². The Morgan fingerprint density at radius 3 is 2.81 bits per heavy atom. The molecule has 0 bridgehead atoms. The maximum absolute atomic E-state index is 12.7. The van der Waals surface area contributed by atoms with Gasteiger partial charge in [-0.2, -0.15) is 5.10 Å². The van der Waals surface area contributed by atoms with Gasteiger partial charge in [0.05, 0.1) is 11.9 Å². The van der Waals surface area contributed by atoms with Crippen molar-refractivity contribution in [1.82, 2.24) is 25.1 Å². The van der Waals surface area contributed by atoms with Crippen molar-refractivity contribution in [2.75, 3.05) is 18.8 Å². The Bertz CT molecular complexity index is 884. The number of hydrogen-bond acceptors (Lipinski definition) is 5. The van der Waals surface area contributed by atoms with Gasteiger partial charge >= 0.3 is 0 Å². The second-order valence-corrected chi connectivity index (χ2v) is 7.50. The lowest BCUT2D eigenvalue weighted by molar-refractivity contribution is -0.129. The minimum absolute atomic E-state index is 0.137.